The molecule has 0 aliphatic carbocycles. The largest absolute Gasteiger partial charge is 0.494 e. The van der Waals surface area contributed by atoms with E-state index in [0.29, 0.717) is 38.3 Å². The van der Waals surface area contributed by atoms with Gasteiger partial charge in [0.1, 0.15) is 12.3 Å². The Hall–Kier alpha value is -3.28. The SMILES string of the molecule is C#CCc1ccc2c(C3CCN(S(=O)(=O)c4ccc(OCC)cc4)C3)cn(CC(=O)O)c2c1. The normalized spacial score (nSPS) is 16.7. The molecule has 1 saturated heterocycles. The summed E-state index contributed by atoms with van der Waals surface area (Å²) in [5.41, 5.74) is 2.70. The molecule has 0 spiro atoms. The Morgan fingerprint density at radius 2 is 2.00 bits per heavy atom. The number of sulfonamides is 1. The van der Waals surface area contributed by atoms with Crippen LogP contribution in [-0.2, 0) is 27.8 Å². The molecule has 0 saturated carbocycles. The summed E-state index contributed by atoms with van der Waals surface area (Å²) in [5, 5.41) is 10.3. The number of aliphatic carboxylic acids is 1. The van der Waals surface area contributed by atoms with Crippen molar-refractivity contribution in [3.05, 3.63) is 59.8 Å². The number of hydrogen-bond acceptors (Lipinski definition) is 4. The first-order valence-electron chi connectivity index (χ1n) is 10.8. The molecule has 2 heterocycles. The number of ether oxygens (including phenoxy) is 1. The number of nitrogens with zero attached hydrogens (tertiary/aromatic N) is 2. The van der Waals surface area contributed by atoms with Crippen LogP contribution in [0.15, 0.2) is 53.6 Å². The Balaban J connectivity index is 1.62. The lowest BCUT2D eigenvalue weighted by molar-refractivity contribution is -0.137. The number of carbonyl (C=O) groups is 1. The van der Waals surface area contributed by atoms with Gasteiger partial charge < -0.3 is 14.4 Å². The van der Waals surface area contributed by atoms with E-state index >= 15 is 0 Å². The fourth-order valence-corrected chi connectivity index (χ4v) is 5.92. The third kappa shape index (κ3) is 4.61. The first-order valence-corrected chi connectivity index (χ1v) is 12.3. The third-order valence-electron chi connectivity index (χ3n) is 5.95. The minimum Gasteiger partial charge on any atom is -0.494 e. The molecule has 7 nitrogen and oxygen atoms in total. The second-order valence-electron chi connectivity index (χ2n) is 8.09. The molecule has 0 bridgehead atoms. The van der Waals surface area contributed by atoms with E-state index < -0.39 is 16.0 Å². The highest BCUT2D eigenvalue weighted by Gasteiger charge is 2.34. The Morgan fingerprint density at radius 1 is 1.24 bits per heavy atom. The summed E-state index contributed by atoms with van der Waals surface area (Å²) in [4.78, 5) is 11.6. The highest BCUT2D eigenvalue weighted by molar-refractivity contribution is 7.89. The van der Waals surface area contributed by atoms with E-state index in [9.17, 15) is 18.3 Å². The lowest BCUT2D eigenvalue weighted by Gasteiger charge is -2.17. The molecular weight excluding hydrogens is 440 g/mol. The van der Waals surface area contributed by atoms with Crippen molar-refractivity contribution in [1.29, 1.82) is 0 Å². The van der Waals surface area contributed by atoms with Gasteiger partial charge in [-0.3, -0.25) is 4.79 Å². The average Bonchev–Trinajstić information content (AvgIpc) is 3.40. The number of terminal acetylenes is 1. The molecule has 1 unspecified atom stereocenters. The number of carboxylic acids is 1. The van der Waals surface area contributed by atoms with E-state index in [-0.39, 0.29) is 17.4 Å². The summed E-state index contributed by atoms with van der Waals surface area (Å²) < 4.78 is 35.0. The summed E-state index contributed by atoms with van der Waals surface area (Å²) in [6, 6.07) is 12.3. The lowest BCUT2D eigenvalue weighted by Crippen LogP contribution is -2.28. The van der Waals surface area contributed by atoms with E-state index in [4.69, 9.17) is 11.2 Å². The lowest BCUT2D eigenvalue weighted by atomic mass is 9.97. The van der Waals surface area contributed by atoms with Crippen molar-refractivity contribution in [3.63, 3.8) is 0 Å². The first-order chi connectivity index (χ1) is 15.8. The van der Waals surface area contributed by atoms with Crippen LogP contribution in [0.25, 0.3) is 10.9 Å². The van der Waals surface area contributed by atoms with Crippen LogP contribution in [0.4, 0.5) is 0 Å². The molecule has 1 aromatic heterocycles. The monoisotopic (exact) mass is 466 g/mol. The zero-order valence-corrected chi connectivity index (χ0v) is 19.2. The van der Waals surface area contributed by atoms with Gasteiger partial charge in [-0.15, -0.1) is 12.3 Å². The maximum Gasteiger partial charge on any atom is 0.323 e. The van der Waals surface area contributed by atoms with Gasteiger partial charge in [0.25, 0.3) is 0 Å². The summed E-state index contributed by atoms with van der Waals surface area (Å²) in [6.07, 6.45) is 8.40. The van der Waals surface area contributed by atoms with Gasteiger partial charge in [0.05, 0.1) is 11.5 Å². The molecule has 1 aliphatic rings. The zero-order chi connectivity index (χ0) is 23.6. The zero-order valence-electron chi connectivity index (χ0n) is 18.4. The van der Waals surface area contributed by atoms with Crippen LogP contribution in [-0.4, -0.2) is 48.1 Å². The molecule has 0 amide bonds. The maximum absolute atomic E-state index is 13.2. The highest BCUT2D eigenvalue weighted by Crippen LogP contribution is 2.36. The van der Waals surface area contributed by atoms with Crippen LogP contribution in [0.1, 0.15) is 30.4 Å². The standard InChI is InChI=1S/C25H26N2O5S/c1-3-5-18-6-11-22-23(16-26(17-25(28)29)24(22)14-18)19-12-13-27(15-19)33(30,31)21-9-7-20(8-10-21)32-4-2/h1,6-11,14,16,19H,4-5,12-13,15,17H2,2H3,(H,28,29). The molecule has 1 fully saturated rings. The third-order valence-corrected chi connectivity index (χ3v) is 7.83. The Morgan fingerprint density at radius 3 is 2.67 bits per heavy atom. The minimum atomic E-state index is -3.64. The molecule has 8 heteroatoms. The van der Waals surface area contributed by atoms with Crippen molar-refractivity contribution in [1.82, 2.24) is 8.87 Å². The van der Waals surface area contributed by atoms with Crippen LogP contribution >= 0.6 is 0 Å². The number of hydrogen-bond donors (Lipinski definition) is 1. The van der Waals surface area contributed by atoms with E-state index in [0.717, 1.165) is 22.0 Å². The molecule has 4 rings (SSSR count). The van der Waals surface area contributed by atoms with Crippen molar-refractivity contribution in [2.75, 3.05) is 19.7 Å². The fourth-order valence-electron chi connectivity index (χ4n) is 4.42. The number of rotatable bonds is 8. The van der Waals surface area contributed by atoms with Gasteiger partial charge >= 0.3 is 5.97 Å². The number of fused-ring (bicyclic) bond motifs is 1. The van der Waals surface area contributed by atoms with Crippen molar-refractivity contribution in [2.45, 2.75) is 37.1 Å². The highest BCUT2D eigenvalue weighted by atomic mass is 32.2. The minimum absolute atomic E-state index is 0.0292. The molecule has 1 N–H and O–H groups in total. The fraction of sp³-hybridized carbons (Fsp3) is 0.320. The van der Waals surface area contributed by atoms with Crippen LogP contribution in [0.5, 0.6) is 5.75 Å². The van der Waals surface area contributed by atoms with E-state index in [1.807, 2.05) is 31.3 Å². The van der Waals surface area contributed by atoms with Crippen LogP contribution in [0.3, 0.4) is 0 Å². The molecule has 0 radical (unpaired) electrons. The predicted octanol–water partition coefficient (Wildman–Crippen LogP) is 3.48. The Kier molecular flexibility index (Phi) is 6.45. The van der Waals surface area contributed by atoms with Gasteiger partial charge in [0.2, 0.25) is 10.0 Å². The van der Waals surface area contributed by atoms with Crippen LogP contribution < -0.4 is 4.74 Å². The summed E-state index contributed by atoms with van der Waals surface area (Å²) >= 11 is 0. The van der Waals surface area contributed by atoms with Crippen molar-refractivity contribution < 1.29 is 23.1 Å². The molecule has 33 heavy (non-hydrogen) atoms. The molecular formula is C25H26N2O5S. The number of carboxylic acid groups (broad SMARTS) is 1. The van der Waals surface area contributed by atoms with Gasteiger partial charge in [-0.1, -0.05) is 12.1 Å². The molecule has 172 valence electrons. The smallest absolute Gasteiger partial charge is 0.323 e. The molecule has 1 atom stereocenters. The van der Waals surface area contributed by atoms with Crippen LogP contribution in [0.2, 0.25) is 0 Å². The van der Waals surface area contributed by atoms with Crippen molar-refractivity contribution in [3.8, 4) is 18.1 Å². The van der Waals surface area contributed by atoms with E-state index in [1.54, 1.807) is 28.8 Å². The summed E-state index contributed by atoms with van der Waals surface area (Å²) in [7, 11) is -3.64. The van der Waals surface area contributed by atoms with Gasteiger partial charge in [-0.25, -0.2) is 8.42 Å². The summed E-state index contributed by atoms with van der Waals surface area (Å²) in [5.74, 6) is 2.28. The Labute approximate surface area is 193 Å². The van der Waals surface area contributed by atoms with Gasteiger partial charge in [-0.05, 0) is 54.8 Å². The second kappa shape index (κ2) is 9.30. The van der Waals surface area contributed by atoms with Crippen molar-refractivity contribution >= 4 is 26.9 Å². The van der Waals surface area contributed by atoms with Gasteiger partial charge in [-0.2, -0.15) is 4.31 Å². The summed E-state index contributed by atoms with van der Waals surface area (Å²) in [6.45, 7) is 2.96. The number of aromatic nitrogens is 1. The first kappa shape index (κ1) is 22.9. The second-order valence-corrected chi connectivity index (χ2v) is 10.0. The topological polar surface area (TPSA) is 88.8 Å². The van der Waals surface area contributed by atoms with Crippen molar-refractivity contribution in [2.24, 2.45) is 0 Å². The molecule has 2 aromatic carbocycles. The van der Waals surface area contributed by atoms with Gasteiger partial charge in [0.15, 0.2) is 0 Å². The Bertz CT molecular complexity index is 1320. The van der Waals surface area contributed by atoms with E-state index in [1.165, 1.54) is 4.31 Å². The van der Waals surface area contributed by atoms with E-state index in [2.05, 4.69) is 5.92 Å². The average molecular weight is 467 g/mol. The number of benzene rings is 2. The molecule has 1 aliphatic heterocycles. The predicted molar refractivity (Wildman–Crippen MR) is 126 cm³/mol. The maximum atomic E-state index is 13.2. The quantitative estimate of drug-likeness (QED) is 0.514. The molecule has 3 aromatic rings. The van der Waals surface area contributed by atoms with Crippen LogP contribution in [0, 0.1) is 12.3 Å². The van der Waals surface area contributed by atoms with Gasteiger partial charge in [0, 0.05) is 42.5 Å².